The van der Waals surface area contributed by atoms with Crippen molar-refractivity contribution in [3.8, 4) is 0 Å². The molecule has 0 radical (unpaired) electrons. The quantitative estimate of drug-likeness (QED) is 0.891. The van der Waals surface area contributed by atoms with Crippen molar-refractivity contribution < 1.29 is 4.79 Å². The van der Waals surface area contributed by atoms with Crippen molar-refractivity contribution in [1.82, 2.24) is 5.32 Å². The molecular formula is C18H26N2O. The van der Waals surface area contributed by atoms with E-state index in [-0.39, 0.29) is 5.91 Å². The summed E-state index contributed by atoms with van der Waals surface area (Å²) in [5.41, 5.74) is 3.00. The third kappa shape index (κ3) is 2.28. The summed E-state index contributed by atoms with van der Waals surface area (Å²) in [5.74, 6) is 1.56. The van der Waals surface area contributed by atoms with Crippen LogP contribution in [-0.4, -0.2) is 13.0 Å². The zero-order valence-electron chi connectivity index (χ0n) is 13.5. The van der Waals surface area contributed by atoms with Gasteiger partial charge in [-0.2, -0.15) is 0 Å². The SMILES string of the molecule is CNC(c1ccc2c(c1)C(C)(C)C(=O)N2)C1CCCC1C. The maximum absolute atomic E-state index is 12.1. The Morgan fingerprint density at radius 2 is 2.10 bits per heavy atom. The predicted molar refractivity (Wildman–Crippen MR) is 86.4 cm³/mol. The van der Waals surface area contributed by atoms with Crippen LogP contribution in [0.4, 0.5) is 5.69 Å². The second kappa shape index (κ2) is 5.13. The van der Waals surface area contributed by atoms with Crippen LogP contribution in [-0.2, 0) is 10.2 Å². The molecule has 1 saturated carbocycles. The van der Waals surface area contributed by atoms with E-state index in [0.29, 0.717) is 12.0 Å². The van der Waals surface area contributed by atoms with Crippen molar-refractivity contribution >= 4 is 11.6 Å². The number of benzene rings is 1. The van der Waals surface area contributed by atoms with E-state index in [2.05, 4.69) is 42.8 Å². The molecule has 2 N–H and O–H groups in total. The van der Waals surface area contributed by atoms with E-state index in [1.165, 1.54) is 24.8 Å². The number of amides is 1. The smallest absolute Gasteiger partial charge is 0.234 e. The average Bonchev–Trinajstić information content (AvgIpc) is 2.95. The summed E-state index contributed by atoms with van der Waals surface area (Å²) in [6.07, 6.45) is 3.96. The van der Waals surface area contributed by atoms with E-state index < -0.39 is 5.41 Å². The Labute approximate surface area is 127 Å². The number of anilines is 1. The number of carbonyl (C=O) groups is 1. The van der Waals surface area contributed by atoms with Crippen LogP contribution in [0.5, 0.6) is 0 Å². The predicted octanol–water partition coefficient (Wildman–Crippen LogP) is 3.61. The normalized spacial score (nSPS) is 28.3. The number of rotatable bonds is 3. The van der Waals surface area contributed by atoms with Crippen LogP contribution in [0.2, 0.25) is 0 Å². The van der Waals surface area contributed by atoms with Gasteiger partial charge >= 0.3 is 0 Å². The standard InChI is InChI=1S/C18H26N2O/c1-11-6-5-7-13(11)16(19-4)12-8-9-15-14(10-12)18(2,3)17(21)20-15/h8-11,13,16,19H,5-7H2,1-4H3,(H,20,21). The van der Waals surface area contributed by atoms with Crippen molar-refractivity contribution in [2.24, 2.45) is 11.8 Å². The lowest BCUT2D eigenvalue weighted by atomic mass is 9.81. The van der Waals surface area contributed by atoms with E-state index >= 15 is 0 Å². The molecule has 1 heterocycles. The van der Waals surface area contributed by atoms with Crippen molar-refractivity contribution in [3.63, 3.8) is 0 Å². The van der Waals surface area contributed by atoms with E-state index in [4.69, 9.17) is 0 Å². The molecule has 0 spiro atoms. The minimum absolute atomic E-state index is 0.102. The molecule has 0 saturated heterocycles. The molecule has 3 atom stereocenters. The van der Waals surface area contributed by atoms with Crippen LogP contribution in [0.15, 0.2) is 18.2 Å². The molecule has 3 nitrogen and oxygen atoms in total. The zero-order valence-corrected chi connectivity index (χ0v) is 13.5. The van der Waals surface area contributed by atoms with Gasteiger partial charge in [0.25, 0.3) is 0 Å². The van der Waals surface area contributed by atoms with Gasteiger partial charge in [-0.15, -0.1) is 0 Å². The van der Waals surface area contributed by atoms with Crippen LogP contribution in [0.25, 0.3) is 0 Å². The number of carbonyl (C=O) groups excluding carboxylic acids is 1. The molecule has 0 bridgehead atoms. The second-order valence-electron chi connectivity index (χ2n) is 7.22. The van der Waals surface area contributed by atoms with Gasteiger partial charge in [0.05, 0.1) is 5.41 Å². The second-order valence-corrected chi connectivity index (χ2v) is 7.22. The van der Waals surface area contributed by atoms with Crippen LogP contribution < -0.4 is 10.6 Å². The van der Waals surface area contributed by atoms with Gasteiger partial charge in [-0.3, -0.25) is 4.79 Å². The van der Waals surface area contributed by atoms with E-state index in [9.17, 15) is 4.79 Å². The fraction of sp³-hybridized carbons (Fsp3) is 0.611. The van der Waals surface area contributed by atoms with E-state index in [0.717, 1.165) is 17.2 Å². The Hall–Kier alpha value is -1.35. The van der Waals surface area contributed by atoms with E-state index in [1.54, 1.807) is 0 Å². The van der Waals surface area contributed by atoms with Gasteiger partial charge in [-0.05, 0) is 56.3 Å². The van der Waals surface area contributed by atoms with Gasteiger partial charge in [0, 0.05) is 11.7 Å². The molecule has 21 heavy (non-hydrogen) atoms. The number of hydrogen-bond acceptors (Lipinski definition) is 2. The lowest BCUT2D eigenvalue weighted by molar-refractivity contribution is -0.119. The van der Waals surface area contributed by atoms with Crippen LogP contribution in [0.3, 0.4) is 0 Å². The topological polar surface area (TPSA) is 41.1 Å². The number of nitrogens with one attached hydrogen (secondary N) is 2. The molecular weight excluding hydrogens is 260 g/mol. The van der Waals surface area contributed by atoms with Gasteiger partial charge in [0.15, 0.2) is 0 Å². The first-order valence-electron chi connectivity index (χ1n) is 8.08. The minimum atomic E-state index is -0.426. The van der Waals surface area contributed by atoms with Gasteiger partial charge in [0.2, 0.25) is 5.91 Å². The zero-order chi connectivity index (χ0) is 15.2. The minimum Gasteiger partial charge on any atom is -0.325 e. The molecule has 3 rings (SSSR count). The summed E-state index contributed by atoms with van der Waals surface area (Å²) in [4.78, 5) is 12.1. The first kappa shape index (κ1) is 14.6. The highest BCUT2D eigenvalue weighted by molar-refractivity contribution is 6.05. The summed E-state index contributed by atoms with van der Waals surface area (Å²) in [6.45, 7) is 6.37. The monoisotopic (exact) mass is 286 g/mol. The number of fused-ring (bicyclic) bond motifs is 1. The highest BCUT2D eigenvalue weighted by atomic mass is 16.2. The third-order valence-corrected chi connectivity index (χ3v) is 5.56. The molecule has 0 aromatic heterocycles. The van der Waals surface area contributed by atoms with Crippen LogP contribution >= 0.6 is 0 Å². The lowest BCUT2D eigenvalue weighted by Crippen LogP contribution is -2.28. The Bertz CT molecular complexity index is 564. The van der Waals surface area contributed by atoms with Crippen molar-refractivity contribution in [2.45, 2.75) is 51.5 Å². The Balaban J connectivity index is 1.97. The maximum atomic E-state index is 12.1. The number of hydrogen-bond donors (Lipinski definition) is 2. The molecule has 1 aromatic rings. The molecule has 3 unspecified atom stereocenters. The lowest BCUT2D eigenvalue weighted by Gasteiger charge is -2.28. The molecule has 3 heteroatoms. The largest absolute Gasteiger partial charge is 0.325 e. The van der Waals surface area contributed by atoms with E-state index in [1.807, 2.05) is 13.8 Å². The van der Waals surface area contributed by atoms with Crippen molar-refractivity contribution in [1.29, 1.82) is 0 Å². The molecule has 1 fully saturated rings. The first-order chi connectivity index (χ1) is 9.95. The summed E-state index contributed by atoms with van der Waals surface area (Å²) >= 11 is 0. The molecule has 1 amide bonds. The molecule has 114 valence electrons. The maximum Gasteiger partial charge on any atom is 0.234 e. The van der Waals surface area contributed by atoms with Gasteiger partial charge in [-0.1, -0.05) is 31.9 Å². The highest BCUT2D eigenvalue weighted by Gasteiger charge is 2.39. The van der Waals surface area contributed by atoms with Crippen LogP contribution in [0.1, 0.15) is 57.2 Å². The fourth-order valence-electron chi connectivity index (χ4n) is 4.08. The summed E-state index contributed by atoms with van der Waals surface area (Å²) < 4.78 is 0. The van der Waals surface area contributed by atoms with Gasteiger partial charge in [-0.25, -0.2) is 0 Å². The Morgan fingerprint density at radius 3 is 2.71 bits per heavy atom. The van der Waals surface area contributed by atoms with Crippen LogP contribution in [0, 0.1) is 11.8 Å². The summed E-state index contributed by atoms with van der Waals surface area (Å²) in [6, 6.07) is 6.87. The van der Waals surface area contributed by atoms with Crippen molar-refractivity contribution in [3.05, 3.63) is 29.3 Å². The fourth-order valence-corrected chi connectivity index (χ4v) is 4.08. The first-order valence-corrected chi connectivity index (χ1v) is 8.08. The molecule has 2 aliphatic rings. The van der Waals surface area contributed by atoms with Gasteiger partial charge in [0.1, 0.15) is 0 Å². The molecule has 1 aliphatic heterocycles. The Kier molecular flexibility index (Phi) is 3.56. The molecule has 1 aliphatic carbocycles. The molecule has 1 aromatic carbocycles. The van der Waals surface area contributed by atoms with Gasteiger partial charge < -0.3 is 10.6 Å². The Morgan fingerprint density at radius 1 is 1.33 bits per heavy atom. The summed E-state index contributed by atoms with van der Waals surface area (Å²) in [5, 5.41) is 6.51. The third-order valence-electron chi connectivity index (χ3n) is 5.56. The van der Waals surface area contributed by atoms with Crippen molar-refractivity contribution in [2.75, 3.05) is 12.4 Å². The highest BCUT2D eigenvalue weighted by Crippen LogP contribution is 2.43. The average molecular weight is 286 g/mol. The summed E-state index contributed by atoms with van der Waals surface area (Å²) in [7, 11) is 2.05.